The van der Waals surface area contributed by atoms with Crippen LogP contribution in [-0.4, -0.2) is 22.4 Å². The quantitative estimate of drug-likeness (QED) is 0.836. The summed E-state index contributed by atoms with van der Waals surface area (Å²) in [5, 5.41) is 2.89. The first kappa shape index (κ1) is 12.1. The SMILES string of the molecule is O=C(NCCc1cnc[nH]1)c1ccccc1I. The van der Waals surface area contributed by atoms with E-state index in [-0.39, 0.29) is 5.91 Å². The largest absolute Gasteiger partial charge is 0.352 e. The zero-order chi connectivity index (χ0) is 12.1. The molecule has 0 aliphatic rings. The van der Waals surface area contributed by atoms with Crippen LogP contribution in [0.1, 0.15) is 16.1 Å². The van der Waals surface area contributed by atoms with E-state index in [4.69, 9.17) is 0 Å². The highest BCUT2D eigenvalue weighted by molar-refractivity contribution is 14.1. The van der Waals surface area contributed by atoms with E-state index in [1.165, 1.54) is 0 Å². The number of H-pyrrole nitrogens is 1. The molecule has 0 saturated heterocycles. The number of benzene rings is 1. The maximum absolute atomic E-state index is 11.9. The van der Waals surface area contributed by atoms with Crippen LogP contribution in [-0.2, 0) is 6.42 Å². The molecule has 4 nitrogen and oxygen atoms in total. The van der Waals surface area contributed by atoms with Gasteiger partial charge in [-0.25, -0.2) is 4.98 Å². The maximum Gasteiger partial charge on any atom is 0.252 e. The van der Waals surface area contributed by atoms with E-state index in [0.717, 1.165) is 21.2 Å². The van der Waals surface area contributed by atoms with Gasteiger partial charge in [0.2, 0.25) is 0 Å². The predicted octanol–water partition coefficient (Wildman–Crippen LogP) is 1.99. The fourth-order valence-electron chi connectivity index (χ4n) is 1.47. The van der Waals surface area contributed by atoms with Gasteiger partial charge >= 0.3 is 0 Å². The molecule has 1 aromatic carbocycles. The molecule has 88 valence electrons. The van der Waals surface area contributed by atoms with Gasteiger partial charge in [0.05, 0.1) is 11.9 Å². The second-order valence-corrected chi connectivity index (χ2v) is 4.72. The third kappa shape index (κ3) is 3.29. The van der Waals surface area contributed by atoms with E-state index in [0.29, 0.717) is 6.54 Å². The van der Waals surface area contributed by atoms with Crippen molar-refractivity contribution in [3.05, 3.63) is 51.6 Å². The molecule has 2 aromatic rings. The van der Waals surface area contributed by atoms with Crippen LogP contribution in [0.15, 0.2) is 36.8 Å². The zero-order valence-electron chi connectivity index (χ0n) is 9.11. The zero-order valence-corrected chi connectivity index (χ0v) is 11.3. The summed E-state index contributed by atoms with van der Waals surface area (Å²) in [6, 6.07) is 7.53. The van der Waals surface area contributed by atoms with Crippen LogP contribution in [0.2, 0.25) is 0 Å². The van der Waals surface area contributed by atoms with Crippen molar-refractivity contribution in [1.29, 1.82) is 0 Å². The second-order valence-electron chi connectivity index (χ2n) is 3.56. The average molecular weight is 341 g/mol. The van der Waals surface area contributed by atoms with Gasteiger partial charge in [0, 0.05) is 28.4 Å². The number of carbonyl (C=O) groups is 1. The summed E-state index contributed by atoms with van der Waals surface area (Å²) in [7, 11) is 0. The van der Waals surface area contributed by atoms with E-state index in [1.54, 1.807) is 12.5 Å². The lowest BCUT2D eigenvalue weighted by atomic mass is 10.2. The number of hydrogen-bond acceptors (Lipinski definition) is 2. The third-order valence-electron chi connectivity index (χ3n) is 2.35. The Bertz CT molecular complexity index is 496. The normalized spacial score (nSPS) is 10.2. The van der Waals surface area contributed by atoms with Crippen LogP contribution < -0.4 is 5.32 Å². The van der Waals surface area contributed by atoms with Gasteiger partial charge in [-0.1, -0.05) is 12.1 Å². The topological polar surface area (TPSA) is 57.8 Å². The minimum atomic E-state index is -0.0329. The van der Waals surface area contributed by atoms with Crippen molar-refractivity contribution in [3.63, 3.8) is 0 Å². The lowest BCUT2D eigenvalue weighted by Crippen LogP contribution is -2.26. The Morgan fingerprint density at radius 3 is 2.94 bits per heavy atom. The van der Waals surface area contributed by atoms with Gasteiger partial charge in [-0.05, 0) is 34.7 Å². The van der Waals surface area contributed by atoms with Gasteiger partial charge in [0.25, 0.3) is 5.91 Å². The molecule has 2 rings (SSSR count). The van der Waals surface area contributed by atoms with E-state index < -0.39 is 0 Å². The Balaban J connectivity index is 1.88. The van der Waals surface area contributed by atoms with Crippen LogP contribution in [0.5, 0.6) is 0 Å². The number of hydrogen-bond donors (Lipinski definition) is 2. The van der Waals surface area contributed by atoms with Crippen molar-refractivity contribution in [2.45, 2.75) is 6.42 Å². The highest BCUT2D eigenvalue weighted by Crippen LogP contribution is 2.10. The second kappa shape index (κ2) is 5.81. The minimum Gasteiger partial charge on any atom is -0.352 e. The molecule has 0 aliphatic carbocycles. The summed E-state index contributed by atoms with van der Waals surface area (Å²) in [4.78, 5) is 18.8. The summed E-state index contributed by atoms with van der Waals surface area (Å²) in [6.45, 7) is 0.603. The summed E-state index contributed by atoms with van der Waals surface area (Å²) in [6.07, 6.45) is 4.16. The first-order valence-corrected chi connectivity index (χ1v) is 6.35. The number of aromatic amines is 1. The van der Waals surface area contributed by atoms with Gasteiger partial charge in [0.15, 0.2) is 0 Å². The molecule has 2 N–H and O–H groups in total. The number of halogens is 1. The minimum absolute atomic E-state index is 0.0329. The predicted molar refractivity (Wildman–Crippen MR) is 73.8 cm³/mol. The molecule has 0 fully saturated rings. The number of rotatable bonds is 4. The van der Waals surface area contributed by atoms with Crippen molar-refractivity contribution in [2.75, 3.05) is 6.54 Å². The Labute approximate surface area is 113 Å². The standard InChI is InChI=1S/C12H12IN3O/c13-11-4-2-1-3-10(11)12(17)15-6-5-9-7-14-8-16-9/h1-4,7-8H,5-6H2,(H,14,16)(H,15,17). The lowest BCUT2D eigenvalue weighted by molar-refractivity contribution is 0.0953. The van der Waals surface area contributed by atoms with Gasteiger partial charge in [0.1, 0.15) is 0 Å². The molecule has 0 radical (unpaired) electrons. The molecular weight excluding hydrogens is 329 g/mol. The van der Waals surface area contributed by atoms with Gasteiger partial charge in [-0.15, -0.1) is 0 Å². The number of carbonyl (C=O) groups excluding carboxylic acids is 1. The number of nitrogens with one attached hydrogen (secondary N) is 2. The van der Waals surface area contributed by atoms with E-state index in [9.17, 15) is 4.79 Å². The monoisotopic (exact) mass is 341 g/mol. The summed E-state index contributed by atoms with van der Waals surface area (Å²) >= 11 is 2.16. The Kier molecular flexibility index (Phi) is 4.13. The molecule has 17 heavy (non-hydrogen) atoms. The molecule has 1 heterocycles. The molecule has 0 spiro atoms. The summed E-state index contributed by atoms with van der Waals surface area (Å²) in [5.74, 6) is -0.0329. The summed E-state index contributed by atoms with van der Waals surface area (Å²) in [5.41, 5.74) is 1.74. The van der Waals surface area contributed by atoms with Crippen LogP contribution in [0.3, 0.4) is 0 Å². The number of amides is 1. The van der Waals surface area contributed by atoms with E-state index >= 15 is 0 Å². The smallest absolute Gasteiger partial charge is 0.252 e. The molecule has 0 unspecified atom stereocenters. The highest BCUT2D eigenvalue weighted by Gasteiger charge is 2.07. The van der Waals surface area contributed by atoms with Gasteiger partial charge in [-0.2, -0.15) is 0 Å². The molecule has 0 saturated carbocycles. The van der Waals surface area contributed by atoms with Crippen molar-refractivity contribution < 1.29 is 4.79 Å². The summed E-state index contributed by atoms with van der Waals surface area (Å²) < 4.78 is 0.962. The molecule has 1 aromatic heterocycles. The molecule has 5 heteroatoms. The Morgan fingerprint density at radius 1 is 1.41 bits per heavy atom. The molecular formula is C12H12IN3O. The number of aromatic nitrogens is 2. The molecule has 0 aliphatic heterocycles. The van der Waals surface area contributed by atoms with Crippen LogP contribution in [0.4, 0.5) is 0 Å². The lowest BCUT2D eigenvalue weighted by Gasteiger charge is -2.05. The number of nitrogens with zero attached hydrogens (tertiary/aromatic N) is 1. The molecule has 0 atom stereocenters. The first-order valence-electron chi connectivity index (χ1n) is 5.27. The van der Waals surface area contributed by atoms with Crippen LogP contribution in [0, 0.1) is 3.57 Å². The number of imidazole rings is 1. The van der Waals surface area contributed by atoms with Gasteiger partial charge in [-0.3, -0.25) is 4.79 Å². The van der Waals surface area contributed by atoms with Crippen molar-refractivity contribution in [3.8, 4) is 0 Å². The van der Waals surface area contributed by atoms with Crippen molar-refractivity contribution >= 4 is 28.5 Å². The first-order chi connectivity index (χ1) is 8.27. The van der Waals surface area contributed by atoms with Crippen LogP contribution >= 0.6 is 22.6 Å². The average Bonchev–Trinajstić information content (AvgIpc) is 2.82. The highest BCUT2D eigenvalue weighted by atomic mass is 127. The Hall–Kier alpha value is -1.37. The van der Waals surface area contributed by atoms with Crippen molar-refractivity contribution in [1.82, 2.24) is 15.3 Å². The van der Waals surface area contributed by atoms with Crippen LogP contribution in [0.25, 0.3) is 0 Å². The van der Waals surface area contributed by atoms with E-state index in [1.807, 2.05) is 24.3 Å². The third-order valence-corrected chi connectivity index (χ3v) is 3.29. The van der Waals surface area contributed by atoms with E-state index in [2.05, 4.69) is 37.9 Å². The fourth-order valence-corrected chi connectivity index (χ4v) is 2.11. The molecule has 1 amide bonds. The fraction of sp³-hybridized carbons (Fsp3) is 0.167. The maximum atomic E-state index is 11.9. The van der Waals surface area contributed by atoms with Gasteiger partial charge < -0.3 is 10.3 Å². The molecule has 0 bridgehead atoms. The Morgan fingerprint density at radius 2 is 2.24 bits per heavy atom. The van der Waals surface area contributed by atoms with Crippen molar-refractivity contribution in [2.24, 2.45) is 0 Å².